The standard InChI is InChI=1S/C26H26N2O2/c1-17-6-9-20(10-7-17)26(30)28-14-4-5-21-16-22(11-13-24(21)28)25(29)27-23-12-8-18(2)15-19(23)3/h6-13,15-16H,4-5,14H2,1-3H3,(H,27,29). The van der Waals surface area contributed by atoms with Crippen LogP contribution < -0.4 is 10.2 Å². The molecule has 0 atom stereocenters. The van der Waals surface area contributed by atoms with Crippen LogP contribution in [0.4, 0.5) is 11.4 Å². The minimum absolute atomic E-state index is 0.00318. The quantitative estimate of drug-likeness (QED) is 0.637. The molecule has 0 unspecified atom stereocenters. The van der Waals surface area contributed by atoms with Gasteiger partial charge in [0.05, 0.1) is 0 Å². The lowest BCUT2D eigenvalue weighted by Crippen LogP contribution is -2.35. The Morgan fingerprint density at radius 1 is 0.833 bits per heavy atom. The average Bonchev–Trinajstić information content (AvgIpc) is 2.75. The third-order valence-electron chi connectivity index (χ3n) is 5.63. The molecule has 30 heavy (non-hydrogen) atoms. The molecule has 3 aromatic rings. The van der Waals surface area contributed by atoms with E-state index in [4.69, 9.17) is 0 Å². The largest absolute Gasteiger partial charge is 0.322 e. The van der Waals surface area contributed by atoms with Crippen molar-refractivity contribution in [2.24, 2.45) is 0 Å². The van der Waals surface area contributed by atoms with Gasteiger partial charge in [0.15, 0.2) is 0 Å². The summed E-state index contributed by atoms with van der Waals surface area (Å²) in [5, 5.41) is 3.01. The maximum Gasteiger partial charge on any atom is 0.258 e. The van der Waals surface area contributed by atoms with E-state index in [1.54, 1.807) is 6.07 Å². The van der Waals surface area contributed by atoms with Crippen LogP contribution in [-0.2, 0) is 6.42 Å². The van der Waals surface area contributed by atoms with Gasteiger partial charge < -0.3 is 10.2 Å². The molecule has 4 heteroatoms. The molecule has 152 valence electrons. The smallest absolute Gasteiger partial charge is 0.258 e. The third-order valence-corrected chi connectivity index (χ3v) is 5.63. The van der Waals surface area contributed by atoms with E-state index < -0.39 is 0 Å². The predicted octanol–water partition coefficient (Wildman–Crippen LogP) is 5.46. The maximum atomic E-state index is 13.0. The summed E-state index contributed by atoms with van der Waals surface area (Å²) in [6.45, 7) is 6.72. The monoisotopic (exact) mass is 398 g/mol. The summed E-state index contributed by atoms with van der Waals surface area (Å²) in [6, 6.07) is 19.3. The minimum atomic E-state index is -0.133. The van der Waals surface area contributed by atoms with Gasteiger partial charge in [-0.05, 0) is 81.1 Å². The third kappa shape index (κ3) is 3.99. The van der Waals surface area contributed by atoms with Crippen LogP contribution in [-0.4, -0.2) is 18.4 Å². The Morgan fingerprint density at radius 3 is 2.27 bits per heavy atom. The van der Waals surface area contributed by atoms with Crippen molar-refractivity contribution in [2.45, 2.75) is 33.6 Å². The maximum absolute atomic E-state index is 13.0. The van der Waals surface area contributed by atoms with Gasteiger partial charge in [-0.3, -0.25) is 9.59 Å². The number of nitrogens with one attached hydrogen (secondary N) is 1. The highest BCUT2D eigenvalue weighted by atomic mass is 16.2. The highest BCUT2D eigenvalue weighted by Gasteiger charge is 2.24. The number of amides is 2. The Morgan fingerprint density at radius 2 is 1.53 bits per heavy atom. The summed E-state index contributed by atoms with van der Waals surface area (Å²) in [4.78, 5) is 27.7. The first kappa shape index (κ1) is 19.9. The number of rotatable bonds is 3. The van der Waals surface area contributed by atoms with Crippen LogP contribution in [0.3, 0.4) is 0 Å². The van der Waals surface area contributed by atoms with Crippen LogP contribution in [0.1, 0.15) is 49.4 Å². The fraction of sp³-hybridized carbons (Fsp3) is 0.231. The average molecular weight is 399 g/mol. The first-order valence-electron chi connectivity index (χ1n) is 10.3. The molecule has 0 radical (unpaired) electrons. The highest BCUT2D eigenvalue weighted by molar-refractivity contribution is 6.08. The fourth-order valence-electron chi connectivity index (χ4n) is 3.95. The van der Waals surface area contributed by atoms with E-state index in [0.29, 0.717) is 17.7 Å². The lowest BCUT2D eigenvalue weighted by atomic mass is 9.98. The van der Waals surface area contributed by atoms with Gasteiger partial charge in [-0.1, -0.05) is 35.4 Å². The van der Waals surface area contributed by atoms with Gasteiger partial charge in [0, 0.05) is 29.0 Å². The van der Waals surface area contributed by atoms with E-state index in [-0.39, 0.29) is 11.8 Å². The molecular weight excluding hydrogens is 372 g/mol. The van der Waals surface area contributed by atoms with E-state index in [1.807, 2.05) is 74.2 Å². The number of carbonyl (C=O) groups is 2. The zero-order valence-electron chi connectivity index (χ0n) is 17.7. The molecule has 0 saturated heterocycles. The molecule has 1 heterocycles. The summed E-state index contributed by atoms with van der Waals surface area (Å²) < 4.78 is 0. The number of carbonyl (C=O) groups excluding carboxylic acids is 2. The van der Waals surface area contributed by atoms with Gasteiger partial charge in [-0.15, -0.1) is 0 Å². The fourth-order valence-corrected chi connectivity index (χ4v) is 3.95. The molecular formula is C26H26N2O2. The highest BCUT2D eigenvalue weighted by Crippen LogP contribution is 2.30. The molecule has 4 rings (SSSR count). The second-order valence-electron chi connectivity index (χ2n) is 8.04. The van der Waals surface area contributed by atoms with Crippen LogP contribution in [0.15, 0.2) is 60.7 Å². The lowest BCUT2D eigenvalue weighted by Gasteiger charge is -2.30. The van der Waals surface area contributed by atoms with Crippen LogP contribution in [0, 0.1) is 20.8 Å². The molecule has 0 spiro atoms. The Labute approximate surface area is 177 Å². The number of benzene rings is 3. The molecule has 1 N–H and O–H groups in total. The Kier molecular flexibility index (Phi) is 5.40. The topological polar surface area (TPSA) is 49.4 Å². The molecule has 1 aliphatic heterocycles. The van der Waals surface area contributed by atoms with E-state index in [1.165, 1.54) is 0 Å². The number of hydrogen-bond donors (Lipinski definition) is 1. The summed E-state index contributed by atoms with van der Waals surface area (Å²) in [5.74, 6) is -0.129. The van der Waals surface area contributed by atoms with Crippen molar-refractivity contribution in [1.29, 1.82) is 0 Å². The summed E-state index contributed by atoms with van der Waals surface area (Å²) >= 11 is 0. The molecule has 3 aromatic carbocycles. The molecule has 1 aliphatic rings. The summed E-state index contributed by atoms with van der Waals surface area (Å²) in [6.07, 6.45) is 1.74. The van der Waals surface area contributed by atoms with Crippen LogP contribution >= 0.6 is 0 Å². The van der Waals surface area contributed by atoms with Crippen LogP contribution in [0.2, 0.25) is 0 Å². The molecule has 0 fully saturated rings. The zero-order valence-corrected chi connectivity index (χ0v) is 17.7. The number of anilines is 2. The van der Waals surface area contributed by atoms with E-state index in [2.05, 4.69) is 11.4 Å². The van der Waals surface area contributed by atoms with Crippen molar-refractivity contribution in [3.63, 3.8) is 0 Å². The lowest BCUT2D eigenvalue weighted by molar-refractivity contribution is 0.0984. The van der Waals surface area contributed by atoms with Gasteiger partial charge in [0.25, 0.3) is 11.8 Å². The Balaban J connectivity index is 1.57. The van der Waals surface area contributed by atoms with Gasteiger partial charge in [0.2, 0.25) is 0 Å². The summed E-state index contributed by atoms with van der Waals surface area (Å²) in [7, 11) is 0. The Bertz CT molecular complexity index is 1120. The molecule has 4 nitrogen and oxygen atoms in total. The Hall–Kier alpha value is -3.40. The second-order valence-corrected chi connectivity index (χ2v) is 8.04. The van der Waals surface area contributed by atoms with Crippen LogP contribution in [0.5, 0.6) is 0 Å². The number of fused-ring (bicyclic) bond motifs is 1. The van der Waals surface area contributed by atoms with Crippen molar-refractivity contribution in [3.8, 4) is 0 Å². The predicted molar refractivity (Wildman–Crippen MR) is 121 cm³/mol. The van der Waals surface area contributed by atoms with Crippen molar-refractivity contribution >= 4 is 23.2 Å². The van der Waals surface area contributed by atoms with Crippen LogP contribution in [0.25, 0.3) is 0 Å². The van der Waals surface area contributed by atoms with E-state index >= 15 is 0 Å². The van der Waals surface area contributed by atoms with Crippen molar-refractivity contribution in [1.82, 2.24) is 0 Å². The second kappa shape index (κ2) is 8.15. The molecule has 2 amide bonds. The van der Waals surface area contributed by atoms with Crippen molar-refractivity contribution < 1.29 is 9.59 Å². The van der Waals surface area contributed by atoms with Crippen molar-refractivity contribution in [2.75, 3.05) is 16.8 Å². The van der Waals surface area contributed by atoms with Gasteiger partial charge in [0.1, 0.15) is 0 Å². The van der Waals surface area contributed by atoms with Crippen molar-refractivity contribution in [3.05, 3.63) is 94.0 Å². The molecule has 0 saturated carbocycles. The van der Waals surface area contributed by atoms with E-state index in [9.17, 15) is 9.59 Å². The SMILES string of the molecule is Cc1ccc(C(=O)N2CCCc3cc(C(=O)Nc4ccc(C)cc4C)ccc32)cc1. The minimum Gasteiger partial charge on any atom is -0.322 e. The zero-order chi connectivity index (χ0) is 21.3. The van der Waals surface area contributed by atoms with Gasteiger partial charge >= 0.3 is 0 Å². The number of nitrogens with zero attached hydrogens (tertiary/aromatic N) is 1. The molecule has 0 aliphatic carbocycles. The normalized spacial score (nSPS) is 13.0. The molecule has 0 aromatic heterocycles. The van der Waals surface area contributed by atoms with E-state index in [0.717, 1.165) is 46.5 Å². The first-order chi connectivity index (χ1) is 14.4. The summed E-state index contributed by atoms with van der Waals surface area (Å²) in [5.41, 5.74) is 7.38. The first-order valence-corrected chi connectivity index (χ1v) is 10.3. The number of hydrogen-bond acceptors (Lipinski definition) is 2. The number of aryl methyl sites for hydroxylation is 4. The van der Waals surface area contributed by atoms with Gasteiger partial charge in [-0.25, -0.2) is 0 Å². The van der Waals surface area contributed by atoms with Gasteiger partial charge in [-0.2, -0.15) is 0 Å². The molecule has 0 bridgehead atoms.